The first-order valence-electron chi connectivity index (χ1n) is 16.3. The van der Waals surface area contributed by atoms with Crippen LogP contribution in [0.1, 0.15) is 16.7 Å². The Hall–Kier alpha value is -7.39. The number of hydrogen-bond acceptors (Lipinski definition) is 3. The van der Waals surface area contributed by atoms with Gasteiger partial charge in [0.05, 0.1) is 62.7 Å². The Kier molecular flexibility index (Phi) is 6.56. The van der Waals surface area contributed by atoms with Crippen LogP contribution in [0.5, 0.6) is 0 Å². The second-order valence-electron chi connectivity index (χ2n) is 12.3. The third-order valence-electron chi connectivity index (χ3n) is 9.64. The van der Waals surface area contributed by atoms with E-state index < -0.39 is 0 Å². The molecule has 0 fully saturated rings. The molecule has 0 spiro atoms. The van der Waals surface area contributed by atoms with Gasteiger partial charge in [-0.15, -0.1) is 0 Å². The molecule has 9 aromatic rings. The van der Waals surface area contributed by atoms with Gasteiger partial charge in [0.2, 0.25) is 0 Å². The predicted molar refractivity (Wildman–Crippen MR) is 200 cm³/mol. The van der Waals surface area contributed by atoms with Crippen molar-refractivity contribution in [3.05, 3.63) is 168 Å². The maximum atomic E-state index is 10.5. The molecule has 9 rings (SSSR count). The monoisotopic (exact) mass is 635 g/mol. The number of aromatic nitrogens is 2. The van der Waals surface area contributed by atoms with Gasteiger partial charge in [-0.3, -0.25) is 0 Å². The molecule has 5 nitrogen and oxygen atoms in total. The molecule has 0 radical (unpaired) electrons. The van der Waals surface area contributed by atoms with Crippen LogP contribution in [0.15, 0.2) is 152 Å². The van der Waals surface area contributed by atoms with Crippen LogP contribution < -0.4 is 0 Å². The number of nitriles is 3. The van der Waals surface area contributed by atoms with Crippen LogP contribution in [-0.4, -0.2) is 9.13 Å². The number of benzene rings is 7. The molecule has 5 heteroatoms. The van der Waals surface area contributed by atoms with E-state index in [1.165, 1.54) is 10.8 Å². The summed E-state index contributed by atoms with van der Waals surface area (Å²) in [6.07, 6.45) is 0. The van der Waals surface area contributed by atoms with Crippen molar-refractivity contribution < 1.29 is 0 Å². The molecule has 0 N–H and O–H groups in total. The Morgan fingerprint density at radius 2 is 0.980 bits per heavy atom. The van der Waals surface area contributed by atoms with Gasteiger partial charge in [0.25, 0.3) is 0 Å². The van der Waals surface area contributed by atoms with Crippen LogP contribution in [0.25, 0.3) is 77.2 Å². The van der Waals surface area contributed by atoms with Crippen LogP contribution in [0.4, 0.5) is 0 Å². The van der Waals surface area contributed by atoms with Crippen molar-refractivity contribution in [3.63, 3.8) is 0 Å². The lowest BCUT2D eigenvalue weighted by Crippen LogP contribution is -1.98. The lowest BCUT2D eigenvalue weighted by atomic mass is 9.94. The Balaban J connectivity index is 1.14. The fraction of sp³-hybridized carbons (Fsp3) is 0. The quantitative estimate of drug-likeness (QED) is 0.193. The van der Waals surface area contributed by atoms with Crippen molar-refractivity contribution in [3.8, 4) is 51.8 Å². The van der Waals surface area contributed by atoms with E-state index in [-0.39, 0.29) is 0 Å². The maximum Gasteiger partial charge on any atom is 0.0998 e. The number of fused-ring (bicyclic) bond motifs is 6. The van der Waals surface area contributed by atoms with Crippen LogP contribution in [0, 0.1) is 34.0 Å². The Morgan fingerprint density at radius 1 is 0.380 bits per heavy atom. The molecule has 0 unspecified atom stereocenters. The molecular weight excluding hydrogens is 611 g/mol. The molecule has 0 aliphatic heterocycles. The van der Waals surface area contributed by atoms with Crippen molar-refractivity contribution >= 4 is 43.6 Å². The van der Waals surface area contributed by atoms with E-state index in [2.05, 4.69) is 124 Å². The minimum atomic E-state index is 0.572. The smallest absolute Gasteiger partial charge is 0.0998 e. The van der Waals surface area contributed by atoms with Crippen LogP contribution in [-0.2, 0) is 0 Å². The van der Waals surface area contributed by atoms with Gasteiger partial charge in [0.15, 0.2) is 0 Å². The summed E-state index contributed by atoms with van der Waals surface area (Å²) in [5.41, 5.74) is 11.6. The minimum Gasteiger partial charge on any atom is -0.309 e. The van der Waals surface area contributed by atoms with Gasteiger partial charge in [0.1, 0.15) is 0 Å². The van der Waals surface area contributed by atoms with E-state index in [1.54, 1.807) is 0 Å². The zero-order valence-electron chi connectivity index (χ0n) is 26.7. The van der Waals surface area contributed by atoms with Gasteiger partial charge in [-0.1, -0.05) is 84.9 Å². The van der Waals surface area contributed by atoms with Crippen molar-refractivity contribution in [1.82, 2.24) is 9.13 Å². The molecule has 0 atom stereocenters. The summed E-state index contributed by atoms with van der Waals surface area (Å²) >= 11 is 0. The predicted octanol–water partition coefficient (Wildman–Crippen LogP) is 10.8. The number of nitrogens with zero attached hydrogens (tertiary/aromatic N) is 5. The van der Waals surface area contributed by atoms with E-state index in [9.17, 15) is 15.8 Å². The van der Waals surface area contributed by atoms with Crippen LogP contribution in [0.3, 0.4) is 0 Å². The van der Waals surface area contributed by atoms with Gasteiger partial charge in [-0.05, 0) is 77.9 Å². The second-order valence-corrected chi connectivity index (χ2v) is 12.3. The molecule has 2 heterocycles. The molecule has 50 heavy (non-hydrogen) atoms. The highest BCUT2D eigenvalue weighted by molar-refractivity contribution is 6.11. The lowest BCUT2D eigenvalue weighted by Gasteiger charge is -2.16. The summed E-state index contributed by atoms with van der Waals surface area (Å²) in [4.78, 5) is 0. The summed E-state index contributed by atoms with van der Waals surface area (Å²) in [6.45, 7) is 0. The molecule has 0 aliphatic carbocycles. The molecule has 7 aromatic carbocycles. The summed E-state index contributed by atoms with van der Waals surface area (Å²) in [6, 6.07) is 57.8. The average molecular weight is 636 g/mol. The zero-order valence-corrected chi connectivity index (χ0v) is 26.7. The molecular formula is C45H25N5. The Bertz CT molecular complexity index is 2900. The molecule has 0 amide bonds. The number of rotatable bonds is 4. The summed E-state index contributed by atoms with van der Waals surface area (Å²) < 4.78 is 4.43. The first kappa shape index (κ1) is 28.8. The normalized spacial score (nSPS) is 11.1. The summed E-state index contributed by atoms with van der Waals surface area (Å²) in [5, 5.41) is 34.0. The van der Waals surface area contributed by atoms with Crippen molar-refractivity contribution in [1.29, 1.82) is 15.8 Å². The molecule has 0 saturated heterocycles. The largest absolute Gasteiger partial charge is 0.309 e. The van der Waals surface area contributed by atoms with E-state index in [0.29, 0.717) is 16.7 Å². The lowest BCUT2D eigenvalue weighted by molar-refractivity contribution is 1.18. The van der Waals surface area contributed by atoms with E-state index in [0.717, 1.165) is 66.5 Å². The number of hydrogen-bond donors (Lipinski definition) is 0. The Labute approximate surface area is 287 Å². The highest BCUT2D eigenvalue weighted by Gasteiger charge is 2.18. The summed E-state index contributed by atoms with van der Waals surface area (Å²) in [7, 11) is 0. The van der Waals surface area contributed by atoms with Gasteiger partial charge in [-0.25, -0.2) is 0 Å². The highest BCUT2D eigenvalue weighted by atomic mass is 15.0. The topological polar surface area (TPSA) is 81.2 Å². The SMILES string of the molecule is N#Cc1ccc2c(c1)c1ccc(C#N)cc1n2-c1ccc(-c2ccc(-c3ccccc3-n3c4ccccc4c4ccccc43)c(C#N)c2)cc1. The van der Waals surface area contributed by atoms with Crippen molar-refractivity contribution in [2.24, 2.45) is 0 Å². The van der Waals surface area contributed by atoms with Gasteiger partial charge >= 0.3 is 0 Å². The van der Waals surface area contributed by atoms with Crippen molar-refractivity contribution in [2.75, 3.05) is 0 Å². The fourth-order valence-corrected chi connectivity index (χ4v) is 7.37. The number of para-hydroxylation sites is 3. The zero-order chi connectivity index (χ0) is 33.8. The Morgan fingerprint density at radius 3 is 1.70 bits per heavy atom. The van der Waals surface area contributed by atoms with Gasteiger partial charge in [0, 0.05) is 38.4 Å². The van der Waals surface area contributed by atoms with Crippen molar-refractivity contribution in [2.45, 2.75) is 0 Å². The fourth-order valence-electron chi connectivity index (χ4n) is 7.37. The van der Waals surface area contributed by atoms with E-state index in [4.69, 9.17) is 0 Å². The maximum absolute atomic E-state index is 10.5. The molecule has 0 bridgehead atoms. The first-order valence-corrected chi connectivity index (χ1v) is 16.3. The van der Waals surface area contributed by atoms with E-state index in [1.807, 2.05) is 54.6 Å². The standard InChI is InChI=1S/C45H25N5/c46-26-29-14-22-44-40(23-29)39-20-13-30(27-47)24-45(39)49(44)34-18-15-31(16-19-34)32-17-21-35(33(25-32)28-48)36-7-1-4-10-41(36)50-42-11-5-2-8-37(42)38-9-3-6-12-43(38)50/h1-25H. The third kappa shape index (κ3) is 4.38. The molecule has 0 aliphatic rings. The minimum absolute atomic E-state index is 0.572. The second kappa shape index (κ2) is 11.4. The highest BCUT2D eigenvalue weighted by Crippen LogP contribution is 2.39. The van der Waals surface area contributed by atoms with Gasteiger partial charge < -0.3 is 9.13 Å². The molecule has 2 aromatic heterocycles. The van der Waals surface area contributed by atoms with Crippen LogP contribution >= 0.6 is 0 Å². The average Bonchev–Trinajstić information content (AvgIpc) is 3.69. The molecule has 230 valence electrons. The first-order chi connectivity index (χ1) is 24.7. The van der Waals surface area contributed by atoms with Gasteiger partial charge in [-0.2, -0.15) is 15.8 Å². The molecule has 0 saturated carbocycles. The van der Waals surface area contributed by atoms with Crippen LogP contribution in [0.2, 0.25) is 0 Å². The third-order valence-corrected chi connectivity index (χ3v) is 9.64. The summed E-state index contributed by atoms with van der Waals surface area (Å²) in [5.74, 6) is 0. The van der Waals surface area contributed by atoms with E-state index >= 15 is 0 Å².